The number of likely N-dealkylation sites (N-methyl/N-ethyl adjacent to an activating group) is 1. The number of nitriles is 1. The second-order valence-electron chi connectivity index (χ2n) is 6.74. The molecule has 1 fully saturated rings. The third-order valence-electron chi connectivity index (χ3n) is 3.11. The van der Waals surface area contributed by atoms with Crippen molar-refractivity contribution in [1.29, 1.82) is 5.26 Å². The van der Waals surface area contributed by atoms with E-state index < -0.39 is 5.54 Å². The Morgan fingerprint density at radius 1 is 1.28 bits per heavy atom. The number of hydrogen-bond donors (Lipinski definition) is 1. The minimum absolute atomic E-state index is 0.162. The van der Waals surface area contributed by atoms with E-state index in [2.05, 4.69) is 44.0 Å². The van der Waals surface area contributed by atoms with Crippen molar-refractivity contribution in [1.82, 2.24) is 10.2 Å². The Labute approximate surface area is 111 Å². The van der Waals surface area contributed by atoms with E-state index >= 15 is 0 Å². The lowest BCUT2D eigenvalue weighted by Crippen LogP contribution is -2.61. The highest BCUT2D eigenvalue weighted by molar-refractivity contribution is 5.07. The highest BCUT2D eigenvalue weighted by Gasteiger charge is 2.40. The van der Waals surface area contributed by atoms with Crippen molar-refractivity contribution >= 4 is 0 Å². The van der Waals surface area contributed by atoms with Crippen LogP contribution in [0.15, 0.2) is 0 Å². The van der Waals surface area contributed by atoms with Crippen LogP contribution in [0.3, 0.4) is 0 Å². The summed E-state index contributed by atoms with van der Waals surface area (Å²) in [6.45, 7) is 15.7. The predicted octanol–water partition coefficient (Wildman–Crippen LogP) is 1.77. The molecule has 0 aromatic rings. The number of ether oxygens (including phenoxy) is 1. The molecule has 1 N–H and O–H groups in total. The molecule has 0 aromatic carbocycles. The largest absolute Gasteiger partial charge is 0.367 e. The summed E-state index contributed by atoms with van der Waals surface area (Å²) < 4.78 is 6.05. The highest BCUT2D eigenvalue weighted by atomic mass is 16.5. The standard InChI is InChI=1S/C14H27N3O/c1-7-16-14(6,8-15)11-17-9-12(2,3)18-13(4,5)10-17/h16H,7,9-11H2,1-6H3. The summed E-state index contributed by atoms with van der Waals surface area (Å²) in [5.74, 6) is 0. The molecule has 0 aliphatic carbocycles. The lowest BCUT2D eigenvalue weighted by Gasteiger charge is -2.48. The molecule has 104 valence electrons. The maximum atomic E-state index is 9.34. The minimum atomic E-state index is -0.488. The van der Waals surface area contributed by atoms with Crippen LogP contribution < -0.4 is 5.32 Å². The molecule has 1 aliphatic heterocycles. The lowest BCUT2D eigenvalue weighted by molar-refractivity contribution is -0.182. The third kappa shape index (κ3) is 4.24. The zero-order valence-corrected chi connectivity index (χ0v) is 12.6. The number of hydrogen-bond acceptors (Lipinski definition) is 4. The molecule has 0 bridgehead atoms. The van der Waals surface area contributed by atoms with Gasteiger partial charge in [-0.25, -0.2) is 0 Å². The highest BCUT2D eigenvalue weighted by Crippen LogP contribution is 2.28. The summed E-state index contributed by atoms with van der Waals surface area (Å²) in [5.41, 5.74) is -0.813. The van der Waals surface area contributed by atoms with Gasteiger partial charge in [-0.2, -0.15) is 5.26 Å². The normalized spacial score (nSPS) is 26.3. The minimum Gasteiger partial charge on any atom is -0.367 e. The first-order valence-corrected chi connectivity index (χ1v) is 6.70. The third-order valence-corrected chi connectivity index (χ3v) is 3.11. The van der Waals surface area contributed by atoms with Gasteiger partial charge in [0.25, 0.3) is 0 Å². The van der Waals surface area contributed by atoms with Gasteiger partial charge in [-0.1, -0.05) is 6.92 Å². The number of nitrogens with zero attached hydrogens (tertiary/aromatic N) is 2. The van der Waals surface area contributed by atoms with Gasteiger partial charge >= 0.3 is 0 Å². The fraction of sp³-hybridized carbons (Fsp3) is 0.929. The summed E-state index contributed by atoms with van der Waals surface area (Å²) in [5, 5.41) is 12.6. The van der Waals surface area contributed by atoms with Crippen LogP contribution in [0.1, 0.15) is 41.5 Å². The zero-order valence-electron chi connectivity index (χ0n) is 12.6. The first-order chi connectivity index (χ1) is 8.11. The summed E-state index contributed by atoms with van der Waals surface area (Å²) in [6, 6.07) is 2.39. The summed E-state index contributed by atoms with van der Waals surface area (Å²) >= 11 is 0. The Kier molecular flexibility index (Phi) is 4.42. The molecule has 0 amide bonds. The average Bonchev–Trinajstić information content (AvgIpc) is 2.12. The molecule has 0 spiro atoms. The van der Waals surface area contributed by atoms with Crippen molar-refractivity contribution in [3.8, 4) is 6.07 Å². The van der Waals surface area contributed by atoms with Crippen LogP contribution in [0, 0.1) is 11.3 Å². The van der Waals surface area contributed by atoms with Crippen LogP contribution in [0.2, 0.25) is 0 Å². The van der Waals surface area contributed by atoms with Gasteiger partial charge in [-0.15, -0.1) is 0 Å². The fourth-order valence-electron chi connectivity index (χ4n) is 3.03. The summed E-state index contributed by atoms with van der Waals surface area (Å²) in [6.07, 6.45) is 0. The van der Waals surface area contributed by atoms with Crippen LogP contribution >= 0.6 is 0 Å². The molecule has 1 rings (SSSR count). The SMILES string of the molecule is CCNC(C)(C#N)CN1CC(C)(C)OC(C)(C)C1. The Bertz CT molecular complexity index is 316. The lowest BCUT2D eigenvalue weighted by atomic mass is 9.96. The number of nitrogens with one attached hydrogen (secondary N) is 1. The summed E-state index contributed by atoms with van der Waals surface area (Å²) in [4.78, 5) is 2.33. The van der Waals surface area contributed by atoms with Crippen LogP contribution in [-0.4, -0.2) is 47.8 Å². The molecule has 1 unspecified atom stereocenters. The molecule has 4 nitrogen and oxygen atoms in total. The molecule has 0 radical (unpaired) electrons. The molecule has 1 heterocycles. The van der Waals surface area contributed by atoms with E-state index in [0.717, 1.165) is 26.2 Å². The van der Waals surface area contributed by atoms with E-state index in [0.29, 0.717) is 0 Å². The van der Waals surface area contributed by atoms with E-state index in [4.69, 9.17) is 4.74 Å². The van der Waals surface area contributed by atoms with Crippen LogP contribution in [0.25, 0.3) is 0 Å². The quantitative estimate of drug-likeness (QED) is 0.829. The molecular weight excluding hydrogens is 226 g/mol. The number of morpholine rings is 1. The van der Waals surface area contributed by atoms with E-state index in [-0.39, 0.29) is 11.2 Å². The van der Waals surface area contributed by atoms with Crippen LogP contribution in [0.5, 0.6) is 0 Å². The molecule has 4 heteroatoms. The van der Waals surface area contributed by atoms with Gasteiger partial charge in [0.05, 0.1) is 17.3 Å². The first kappa shape index (κ1) is 15.4. The molecule has 18 heavy (non-hydrogen) atoms. The van der Waals surface area contributed by atoms with E-state index in [9.17, 15) is 5.26 Å². The van der Waals surface area contributed by atoms with E-state index in [1.54, 1.807) is 0 Å². The molecule has 1 saturated heterocycles. The van der Waals surface area contributed by atoms with E-state index in [1.165, 1.54) is 0 Å². The van der Waals surface area contributed by atoms with Crippen molar-refractivity contribution in [2.45, 2.75) is 58.3 Å². The predicted molar refractivity (Wildman–Crippen MR) is 73.4 cm³/mol. The maximum absolute atomic E-state index is 9.34. The van der Waals surface area contributed by atoms with Gasteiger partial charge in [-0.05, 0) is 41.2 Å². The smallest absolute Gasteiger partial charge is 0.116 e. The van der Waals surface area contributed by atoms with Crippen molar-refractivity contribution in [3.63, 3.8) is 0 Å². The van der Waals surface area contributed by atoms with Gasteiger partial charge in [0.1, 0.15) is 5.54 Å². The van der Waals surface area contributed by atoms with Gasteiger partial charge in [0.15, 0.2) is 0 Å². The van der Waals surface area contributed by atoms with E-state index in [1.807, 2.05) is 13.8 Å². The Hall–Kier alpha value is -0.630. The van der Waals surface area contributed by atoms with Crippen molar-refractivity contribution < 1.29 is 4.74 Å². The van der Waals surface area contributed by atoms with Crippen molar-refractivity contribution in [2.75, 3.05) is 26.2 Å². The molecule has 0 saturated carbocycles. The molecule has 0 aromatic heterocycles. The summed E-state index contributed by atoms with van der Waals surface area (Å²) in [7, 11) is 0. The van der Waals surface area contributed by atoms with Gasteiger partial charge in [-0.3, -0.25) is 10.2 Å². The maximum Gasteiger partial charge on any atom is 0.116 e. The first-order valence-electron chi connectivity index (χ1n) is 6.70. The van der Waals surface area contributed by atoms with Crippen molar-refractivity contribution in [2.24, 2.45) is 0 Å². The van der Waals surface area contributed by atoms with Crippen molar-refractivity contribution in [3.05, 3.63) is 0 Å². The Morgan fingerprint density at radius 3 is 2.17 bits per heavy atom. The zero-order chi connectivity index (χ0) is 14.0. The fourth-order valence-corrected chi connectivity index (χ4v) is 3.03. The average molecular weight is 253 g/mol. The van der Waals surface area contributed by atoms with Gasteiger partial charge < -0.3 is 4.74 Å². The van der Waals surface area contributed by atoms with Crippen LogP contribution in [-0.2, 0) is 4.74 Å². The topological polar surface area (TPSA) is 48.3 Å². The van der Waals surface area contributed by atoms with Gasteiger partial charge in [0.2, 0.25) is 0 Å². The van der Waals surface area contributed by atoms with Crippen LogP contribution in [0.4, 0.5) is 0 Å². The second kappa shape index (κ2) is 5.16. The van der Waals surface area contributed by atoms with Gasteiger partial charge in [0, 0.05) is 19.6 Å². The second-order valence-corrected chi connectivity index (χ2v) is 6.74. The monoisotopic (exact) mass is 253 g/mol. The Morgan fingerprint density at radius 2 is 1.78 bits per heavy atom. The molecule has 1 atom stereocenters. The molecule has 1 aliphatic rings. The Balaban J connectivity index is 2.75. The number of rotatable bonds is 4. The molecular formula is C14H27N3O.